The lowest BCUT2D eigenvalue weighted by atomic mass is 9.87. The van der Waals surface area contributed by atoms with E-state index in [1.807, 2.05) is 0 Å². The number of hydrogen-bond donors (Lipinski definition) is 1. The van der Waals surface area contributed by atoms with Gasteiger partial charge in [0.2, 0.25) is 0 Å². The first kappa shape index (κ1) is 10.9. The Bertz CT molecular complexity index is 181. The van der Waals surface area contributed by atoms with Gasteiger partial charge in [-0.05, 0) is 32.8 Å². The van der Waals surface area contributed by atoms with Crippen LogP contribution in [-0.4, -0.2) is 42.1 Å². The van der Waals surface area contributed by atoms with Crippen LogP contribution in [0.4, 0.5) is 12.9 Å². The number of rotatable bonds is 2. The van der Waals surface area contributed by atoms with Crippen LogP contribution in [0.3, 0.4) is 0 Å². The molecular weight excluding hydrogens is 182 g/mol. The van der Waals surface area contributed by atoms with Gasteiger partial charge in [0.15, 0.2) is 0 Å². The third kappa shape index (κ3) is 4.00. The van der Waals surface area contributed by atoms with Crippen molar-refractivity contribution in [1.29, 1.82) is 0 Å². The van der Waals surface area contributed by atoms with Crippen LogP contribution in [0, 0.1) is 0 Å². The Balaban J connectivity index is 2.44. The maximum atomic E-state index is 12.0. The summed E-state index contributed by atoms with van der Waals surface area (Å²) in [6.07, 6.45) is 0.379. The van der Waals surface area contributed by atoms with E-state index in [0.29, 0.717) is 19.4 Å². The normalized spacial score (nSPS) is 32.1. The predicted molar refractivity (Wildman–Crippen MR) is 45.4 cm³/mol. The van der Waals surface area contributed by atoms with Crippen molar-refractivity contribution in [2.75, 3.05) is 19.5 Å². The van der Waals surface area contributed by atoms with Crippen LogP contribution in [0.15, 0.2) is 0 Å². The van der Waals surface area contributed by atoms with Crippen molar-refractivity contribution in [3.05, 3.63) is 0 Å². The summed E-state index contributed by atoms with van der Waals surface area (Å²) in [4.78, 5) is 1.28. The average Bonchev–Trinajstić information content (AvgIpc) is 1.79. The van der Waals surface area contributed by atoms with E-state index < -0.39 is 19.0 Å². The second-order valence-corrected chi connectivity index (χ2v) is 4.05. The van der Waals surface area contributed by atoms with Gasteiger partial charge in [0.05, 0.1) is 5.60 Å². The van der Waals surface area contributed by atoms with Crippen molar-refractivity contribution in [2.45, 2.75) is 25.4 Å². The monoisotopic (exact) mass is 196 g/mol. The number of β-amino-alcohol motifs (C(OH)–C–C–N with tert-alkyl or cyclic N) is 1. The Hall–Kier alpha value is -0.225. The van der Waals surface area contributed by atoms with E-state index in [-0.39, 0.29) is 6.54 Å². The lowest BCUT2D eigenvalue weighted by Gasteiger charge is -2.39. The lowest BCUT2D eigenvalue weighted by molar-refractivity contribution is -0.0120. The van der Waals surface area contributed by atoms with E-state index in [0.717, 1.165) is 0 Å². The summed E-state index contributed by atoms with van der Waals surface area (Å²) in [5, 5.41) is 9.54. The van der Waals surface area contributed by atoms with Crippen molar-refractivity contribution < 1.29 is 18.1 Å². The fourth-order valence-electron chi connectivity index (χ4n) is 1.77. The molecule has 0 bridgehead atoms. The molecule has 0 aromatic heterocycles. The third-order valence-electron chi connectivity index (χ3n) is 2.22. The summed E-state index contributed by atoms with van der Waals surface area (Å²) in [6.45, 7) is -2.60. The maximum Gasteiger partial charge on any atom is 0.492 e. The van der Waals surface area contributed by atoms with Crippen molar-refractivity contribution >= 4 is 6.98 Å². The Labute approximate surface area is 75.8 Å². The Morgan fingerprint density at radius 3 is 2.54 bits per heavy atom. The van der Waals surface area contributed by atoms with Crippen LogP contribution in [0.5, 0.6) is 0 Å². The quantitative estimate of drug-likeness (QED) is 0.671. The summed E-state index contributed by atoms with van der Waals surface area (Å²) in [7, 11) is 0. The first-order chi connectivity index (χ1) is 5.79. The number of piperidine rings is 1. The lowest BCUT2D eigenvalue weighted by Crippen LogP contribution is -2.50. The molecule has 0 radical (unpaired) electrons. The highest BCUT2D eigenvalue weighted by molar-refractivity contribution is 6.58. The molecule has 0 amide bonds. The molecule has 1 unspecified atom stereocenters. The van der Waals surface area contributed by atoms with Gasteiger partial charge in [0, 0.05) is 6.54 Å². The fourth-order valence-corrected chi connectivity index (χ4v) is 1.77. The molecule has 1 fully saturated rings. The average molecular weight is 196 g/mol. The highest BCUT2D eigenvalue weighted by Crippen LogP contribution is 2.22. The van der Waals surface area contributed by atoms with E-state index in [4.69, 9.17) is 0 Å². The van der Waals surface area contributed by atoms with Crippen molar-refractivity contribution in [1.82, 2.24) is 4.90 Å². The Morgan fingerprint density at radius 1 is 1.46 bits per heavy atom. The van der Waals surface area contributed by atoms with Crippen LogP contribution in [-0.2, 0) is 0 Å². The predicted octanol–water partition coefficient (Wildman–Crippen LogP) is 1.22. The molecule has 6 heteroatoms. The van der Waals surface area contributed by atoms with Crippen LogP contribution in [0.2, 0.25) is 0 Å². The first-order valence-corrected chi connectivity index (χ1v) is 4.44. The van der Waals surface area contributed by atoms with Crippen LogP contribution in [0.1, 0.15) is 19.8 Å². The summed E-state index contributed by atoms with van der Waals surface area (Å²) in [5.41, 5.74) is -0.945. The number of hydrogen-bond acceptors (Lipinski definition) is 2. The highest BCUT2D eigenvalue weighted by Gasteiger charge is 2.33. The van der Waals surface area contributed by atoms with Gasteiger partial charge in [0.25, 0.3) is 0 Å². The van der Waals surface area contributed by atoms with Crippen molar-refractivity contribution in [2.24, 2.45) is 0 Å². The molecule has 78 valence electrons. The molecule has 1 aliphatic rings. The molecule has 2 nitrogen and oxygen atoms in total. The fraction of sp³-hybridized carbons (Fsp3) is 1.00. The van der Waals surface area contributed by atoms with E-state index in [2.05, 4.69) is 0 Å². The van der Waals surface area contributed by atoms with E-state index in [1.165, 1.54) is 4.90 Å². The van der Waals surface area contributed by atoms with Gasteiger partial charge in [-0.15, -0.1) is 0 Å². The minimum atomic E-state index is -4.76. The van der Waals surface area contributed by atoms with Crippen LogP contribution >= 0.6 is 0 Å². The maximum absolute atomic E-state index is 12.0. The molecule has 1 heterocycles. The van der Waals surface area contributed by atoms with Crippen LogP contribution in [0.25, 0.3) is 0 Å². The number of nitrogens with zero attached hydrogens (tertiary/aromatic N) is 1. The van der Waals surface area contributed by atoms with Gasteiger partial charge in [-0.1, -0.05) is 0 Å². The molecule has 1 N–H and O–H groups in total. The van der Waals surface area contributed by atoms with Gasteiger partial charge in [-0.2, -0.15) is 0 Å². The van der Waals surface area contributed by atoms with Gasteiger partial charge in [-0.3, -0.25) is 0 Å². The third-order valence-corrected chi connectivity index (χ3v) is 2.22. The van der Waals surface area contributed by atoms with E-state index >= 15 is 0 Å². The standard InChI is InChI=1S/C7H14BF3NO/c1-7(13)3-2-4-12(5-7)6-8(9,10)11/h13H,2-6H2,1H3/q-1. The molecule has 1 rings (SSSR count). The van der Waals surface area contributed by atoms with Crippen LogP contribution < -0.4 is 0 Å². The second kappa shape index (κ2) is 3.50. The first-order valence-electron chi connectivity index (χ1n) is 4.44. The minimum Gasteiger partial charge on any atom is -0.448 e. The van der Waals surface area contributed by atoms with Gasteiger partial charge < -0.3 is 23.0 Å². The smallest absolute Gasteiger partial charge is 0.448 e. The van der Waals surface area contributed by atoms with Gasteiger partial charge in [0.1, 0.15) is 0 Å². The zero-order valence-corrected chi connectivity index (χ0v) is 7.64. The largest absolute Gasteiger partial charge is 0.492 e. The van der Waals surface area contributed by atoms with Crippen molar-refractivity contribution in [3.63, 3.8) is 0 Å². The zero-order valence-electron chi connectivity index (χ0n) is 7.64. The summed E-state index contributed by atoms with van der Waals surface area (Å²) >= 11 is 0. The molecule has 0 saturated carbocycles. The minimum absolute atomic E-state index is 0.133. The number of halogens is 3. The Morgan fingerprint density at radius 2 is 2.08 bits per heavy atom. The summed E-state index contributed by atoms with van der Waals surface area (Å²) < 4.78 is 36.1. The molecule has 0 aromatic rings. The van der Waals surface area contributed by atoms with Gasteiger partial charge >= 0.3 is 6.98 Å². The molecule has 13 heavy (non-hydrogen) atoms. The second-order valence-electron chi connectivity index (χ2n) is 4.05. The SMILES string of the molecule is CC1(O)CCCN(C[B-](F)(F)F)C1. The van der Waals surface area contributed by atoms with Crippen molar-refractivity contribution in [3.8, 4) is 0 Å². The molecule has 1 atom stereocenters. The molecule has 1 saturated heterocycles. The van der Waals surface area contributed by atoms with E-state index in [1.54, 1.807) is 6.92 Å². The highest BCUT2D eigenvalue weighted by atomic mass is 19.4. The topological polar surface area (TPSA) is 23.5 Å². The molecule has 0 aromatic carbocycles. The zero-order chi connectivity index (χ0) is 10.1. The molecule has 0 spiro atoms. The molecule has 0 aliphatic carbocycles. The summed E-state index contributed by atoms with van der Waals surface area (Å²) in [6, 6.07) is 0. The van der Waals surface area contributed by atoms with Gasteiger partial charge in [-0.25, -0.2) is 0 Å². The van der Waals surface area contributed by atoms with E-state index in [9.17, 15) is 18.1 Å². The molecule has 1 aliphatic heterocycles. The number of likely N-dealkylation sites (tertiary alicyclic amines) is 1. The number of aliphatic hydroxyl groups is 1. The Kier molecular flexibility index (Phi) is 2.92. The summed E-state index contributed by atoms with van der Waals surface area (Å²) in [5.74, 6) is 0. The molecular formula is C7H14BF3NO-.